The maximum absolute atomic E-state index is 10.6. The molecule has 0 aliphatic heterocycles. The minimum Gasteiger partial charge on any atom is -0.466 e. The van der Waals surface area contributed by atoms with E-state index in [9.17, 15) is 4.79 Å². The number of hydrogen-bond acceptors (Lipinski definition) is 4. The number of imidazole rings is 1. The second-order valence-electron chi connectivity index (χ2n) is 2.61. The normalized spacial score (nSPS) is 10.4. The molecule has 0 saturated heterocycles. The summed E-state index contributed by atoms with van der Waals surface area (Å²) in [5.74, 6) is -0.361. The van der Waals surface area contributed by atoms with Crippen molar-refractivity contribution in [3.63, 3.8) is 0 Å². The lowest BCUT2D eigenvalue weighted by atomic mass is 10.5. The fourth-order valence-electron chi connectivity index (χ4n) is 0.891. The van der Waals surface area contributed by atoms with E-state index in [1.165, 1.54) is 13.2 Å². The number of aromatic nitrogens is 2. The molecule has 1 aromatic rings. The molecule has 5 heteroatoms. The van der Waals surface area contributed by atoms with Crippen LogP contribution in [0.25, 0.3) is 0 Å². The average Bonchev–Trinajstić information content (AvgIpc) is 2.69. The first-order valence-corrected chi connectivity index (χ1v) is 4.26. The number of methoxy groups -OCH3 is 1. The van der Waals surface area contributed by atoms with Crippen molar-refractivity contribution in [2.75, 3.05) is 13.7 Å². The molecule has 0 atom stereocenters. The molecule has 0 aliphatic carbocycles. The summed E-state index contributed by atoms with van der Waals surface area (Å²) in [6.45, 7) is 1.55. The molecule has 0 aliphatic rings. The molecule has 14 heavy (non-hydrogen) atoms. The zero-order valence-corrected chi connectivity index (χ0v) is 8.01. The highest BCUT2D eigenvalue weighted by Gasteiger charge is 1.89. The average molecular weight is 195 g/mol. The van der Waals surface area contributed by atoms with Gasteiger partial charge >= 0.3 is 5.97 Å². The van der Waals surface area contributed by atoms with Gasteiger partial charge in [0, 0.05) is 37.8 Å². The number of esters is 1. The van der Waals surface area contributed by atoms with E-state index in [4.69, 9.17) is 0 Å². The van der Waals surface area contributed by atoms with Crippen LogP contribution in [0.15, 0.2) is 31.0 Å². The fraction of sp³-hybridized carbons (Fsp3) is 0.333. The van der Waals surface area contributed by atoms with E-state index in [0.717, 1.165) is 13.1 Å². The molecule has 1 N–H and O–H groups in total. The van der Waals surface area contributed by atoms with Crippen LogP contribution < -0.4 is 5.32 Å². The largest absolute Gasteiger partial charge is 0.466 e. The number of rotatable bonds is 5. The van der Waals surface area contributed by atoms with Gasteiger partial charge < -0.3 is 14.6 Å². The first kappa shape index (κ1) is 10.3. The fourth-order valence-corrected chi connectivity index (χ4v) is 0.891. The van der Waals surface area contributed by atoms with Gasteiger partial charge in [0.05, 0.1) is 13.4 Å². The van der Waals surface area contributed by atoms with Gasteiger partial charge in [0.25, 0.3) is 0 Å². The zero-order valence-electron chi connectivity index (χ0n) is 8.01. The summed E-state index contributed by atoms with van der Waals surface area (Å²) < 4.78 is 6.37. The van der Waals surface area contributed by atoms with Crippen LogP contribution >= 0.6 is 0 Å². The molecular weight excluding hydrogens is 182 g/mol. The highest BCUT2D eigenvalue weighted by Crippen LogP contribution is 1.83. The Bertz CT molecular complexity index is 293. The smallest absolute Gasteiger partial charge is 0.331 e. The Labute approximate surface area is 82.4 Å². The topological polar surface area (TPSA) is 56.1 Å². The van der Waals surface area contributed by atoms with Crippen LogP contribution in [0.4, 0.5) is 0 Å². The summed E-state index contributed by atoms with van der Waals surface area (Å²) >= 11 is 0. The van der Waals surface area contributed by atoms with E-state index >= 15 is 0 Å². The standard InChI is InChI=1S/C9H13N3O2/c1-14-9(13)2-3-10-4-6-12-7-5-11-8-12/h2-3,5,7-8,10H,4,6H2,1H3/b3-2+. The van der Waals surface area contributed by atoms with Crippen LogP contribution in [0, 0.1) is 0 Å². The summed E-state index contributed by atoms with van der Waals surface area (Å²) in [4.78, 5) is 14.5. The van der Waals surface area contributed by atoms with Crippen LogP contribution in [0.3, 0.4) is 0 Å². The van der Waals surface area contributed by atoms with Gasteiger partial charge in [0.15, 0.2) is 0 Å². The third-order valence-corrected chi connectivity index (χ3v) is 1.61. The second-order valence-corrected chi connectivity index (χ2v) is 2.61. The van der Waals surface area contributed by atoms with E-state index in [1.54, 1.807) is 18.7 Å². The van der Waals surface area contributed by atoms with Crippen LogP contribution in [0.1, 0.15) is 0 Å². The number of hydrogen-bond donors (Lipinski definition) is 1. The van der Waals surface area contributed by atoms with Gasteiger partial charge in [-0.3, -0.25) is 0 Å². The van der Waals surface area contributed by atoms with Gasteiger partial charge in [-0.05, 0) is 0 Å². The van der Waals surface area contributed by atoms with Crippen molar-refractivity contribution >= 4 is 5.97 Å². The van der Waals surface area contributed by atoms with Crippen molar-refractivity contribution < 1.29 is 9.53 Å². The third-order valence-electron chi connectivity index (χ3n) is 1.61. The lowest BCUT2D eigenvalue weighted by molar-refractivity contribution is -0.134. The Kier molecular flexibility index (Phi) is 4.26. The Morgan fingerprint density at radius 3 is 3.21 bits per heavy atom. The first-order chi connectivity index (χ1) is 6.83. The molecule has 0 radical (unpaired) electrons. The zero-order chi connectivity index (χ0) is 10.2. The van der Waals surface area contributed by atoms with E-state index in [0.29, 0.717) is 0 Å². The molecular formula is C9H13N3O2. The molecule has 0 unspecified atom stereocenters. The van der Waals surface area contributed by atoms with Gasteiger partial charge in [-0.1, -0.05) is 0 Å². The molecule has 0 saturated carbocycles. The number of ether oxygens (including phenoxy) is 1. The maximum atomic E-state index is 10.6. The predicted octanol–water partition coefficient (Wildman–Crippen LogP) is 0.159. The Hall–Kier alpha value is -1.78. The van der Waals surface area contributed by atoms with Crippen LogP contribution in [0.2, 0.25) is 0 Å². The van der Waals surface area contributed by atoms with Gasteiger partial charge in [-0.2, -0.15) is 0 Å². The molecule has 76 valence electrons. The molecule has 1 aromatic heterocycles. The van der Waals surface area contributed by atoms with Crippen molar-refractivity contribution in [1.29, 1.82) is 0 Å². The highest BCUT2D eigenvalue weighted by atomic mass is 16.5. The van der Waals surface area contributed by atoms with Gasteiger partial charge in [-0.15, -0.1) is 0 Å². The monoisotopic (exact) mass is 195 g/mol. The minimum atomic E-state index is -0.361. The van der Waals surface area contributed by atoms with Gasteiger partial charge in [0.1, 0.15) is 0 Å². The lowest BCUT2D eigenvalue weighted by Gasteiger charge is -2.01. The van der Waals surface area contributed by atoms with Crippen LogP contribution in [0.5, 0.6) is 0 Å². The number of nitrogens with one attached hydrogen (secondary N) is 1. The SMILES string of the molecule is COC(=O)/C=C/NCCn1ccnc1. The highest BCUT2D eigenvalue weighted by molar-refractivity contribution is 5.81. The third kappa shape index (κ3) is 3.75. The number of nitrogens with zero attached hydrogens (tertiary/aromatic N) is 2. The number of carbonyl (C=O) groups is 1. The Balaban J connectivity index is 2.10. The van der Waals surface area contributed by atoms with Crippen molar-refractivity contribution in [2.45, 2.75) is 6.54 Å². The summed E-state index contributed by atoms with van der Waals surface area (Å²) in [7, 11) is 1.35. The summed E-state index contributed by atoms with van der Waals surface area (Å²) in [6.07, 6.45) is 8.26. The minimum absolute atomic E-state index is 0.361. The predicted molar refractivity (Wildman–Crippen MR) is 51.4 cm³/mol. The maximum Gasteiger partial charge on any atom is 0.331 e. The molecule has 0 fully saturated rings. The number of carbonyl (C=O) groups excluding carboxylic acids is 1. The molecule has 1 heterocycles. The van der Waals surface area contributed by atoms with Gasteiger partial charge in [0.2, 0.25) is 0 Å². The lowest BCUT2D eigenvalue weighted by Crippen LogP contribution is -2.13. The first-order valence-electron chi connectivity index (χ1n) is 4.26. The quantitative estimate of drug-likeness (QED) is 0.413. The summed E-state index contributed by atoms with van der Waals surface area (Å²) in [6, 6.07) is 0. The summed E-state index contributed by atoms with van der Waals surface area (Å²) in [5, 5.41) is 2.96. The van der Waals surface area contributed by atoms with E-state index in [1.807, 2.05) is 10.8 Å². The van der Waals surface area contributed by atoms with Crippen molar-refractivity contribution in [2.24, 2.45) is 0 Å². The van der Waals surface area contributed by atoms with Crippen molar-refractivity contribution in [1.82, 2.24) is 14.9 Å². The van der Waals surface area contributed by atoms with E-state index < -0.39 is 0 Å². The van der Waals surface area contributed by atoms with Crippen LogP contribution in [-0.2, 0) is 16.1 Å². The molecule has 5 nitrogen and oxygen atoms in total. The Morgan fingerprint density at radius 2 is 2.57 bits per heavy atom. The molecule has 0 amide bonds. The van der Waals surface area contributed by atoms with E-state index in [-0.39, 0.29) is 5.97 Å². The molecule has 0 spiro atoms. The molecule has 0 aromatic carbocycles. The molecule has 0 bridgehead atoms. The van der Waals surface area contributed by atoms with E-state index in [2.05, 4.69) is 15.0 Å². The van der Waals surface area contributed by atoms with Gasteiger partial charge in [-0.25, -0.2) is 9.78 Å². The van der Waals surface area contributed by atoms with Crippen molar-refractivity contribution in [3.8, 4) is 0 Å². The molecule has 1 rings (SSSR count). The van der Waals surface area contributed by atoms with Crippen LogP contribution in [-0.4, -0.2) is 29.2 Å². The Morgan fingerprint density at radius 1 is 1.71 bits per heavy atom. The second kappa shape index (κ2) is 5.80. The van der Waals surface area contributed by atoms with Crippen molar-refractivity contribution in [3.05, 3.63) is 31.0 Å². The summed E-state index contributed by atoms with van der Waals surface area (Å²) in [5.41, 5.74) is 0.